The Balaban J connectivity index is 2.20. The first-order valence-electron chi connectivity index (χ1n) is 4.58. The largest absolute Gasteiger partial charge is 0.448 e. The van der Waals surface area contributed by atoms with E-state index in [9.17, 15) is 9.59 Å². The number of ether oxygens (including phenoxy) is 2. The Morgan fingerprint density at radius 2 is 2.19 bits per heavy atom. The Morgan fingerprint density at radius 3 is 2.88 bits per heavy atom. The summed E-state index contributed by atoms with van der Waals surface area (Å²) in [6.45, 7) is 5.00. The summed E-state index contributed by atoms with van der Waals surface area (Å²) in [6.07, 6.45) is 1.03. The summed E-state index contributed by atoms with van der Waals surface area (Å²) in [6, 6.07) is 0. The fourth-order valence-corrected chi connectivity index (χ4v) is 1.81. The molecule has 0 saturated carbocycles. The maximum Gasteiger partial charge on any atom is 0.348 e. The van der Waals surface area contributed by atoms with Crippen molar-refractivity contribution < 1.29 is 23.5 Å². The van der Waals surface area contributed by atoms with Gasteiger partial charge in [-0.25, -0.2) is 9.59 Å². The van der Waals surface area contributed by atoms with Gasteiger partial charge in [-0.05, 0) is 6.92 Å². The summed E-state index contributed by atoms with van der Waals surface area (Å²) in [5, 5.41) is 0. The van der Waals surface area contributed by atoms with Gasteiger partial charge < -0.3 is 13.9 Å². The molecule has 0 atom stereocenters. The number of hydrogen-bond donors (Lipinski definition) is 0. The Bertz CT molecular complexity index is 634. The topological polar surface area (TPSA) is 65.7 Å². The highest BCUT2D eigenvalue weighted by Crippen LogP contribution is 2.51. The molecule has 5 nitrogen and oxygen atoms in total. The zero-order chi connectivity index (χ0) is 11.4. The quantitative estimate of drug-likeness (QED) is 0.437. The lowest BCUT2D eigenvalue weighted by Gasteiger charge is -1.99. The van der Waals surface area contributed by atoms with E-state index in [1.54, 1.807) is 6.92 Å². The number of aryl methyl sites for hydroxylation is 1. The van der Waals surface area contributed by atoms with Crippen LogP contribution in [0.3, 0.4) is 0 Å². The van der Waals surface area contributed by atoms with Gasteiger partial charge in [0, 0.05) is 11.6 Å². The average molecular weight is 218 g/mol. The van der Waals surface area contributed by atoms with E-state index in [-0.39, 0.29) is 11.5 Å². The van der Waals surface area contributed by atoms with Crippen LogP contribution in [0.2, 0.25) is 0 Å². The van der Waals surface area contributed by atoms with Crippen molar-refractivity contribution in [2.75, 3.05) is 0 Å². The first kappa shape index (κ1) is 8.96. The van der Waals surface area contributed by atoms with Gasteiger partial charge in [0.05, 0.1) is 0 Å². The van der Waals surface area contributed by atoms with Gasteiger partial charge in [0.1, 0.15) is 5.56 Å². The molecule has 0 unspecified atom stereocenters. The van der Waals surface area contributed by atoms with Crippen molar-refractivity contribution in [2.24, 2.45) is 0 Å². The second-order valence-electron chi connectivity index (χ2n) is 3.43. The van der Waals surface area contributed by atoms with E-state index in [4.69, 9.17) is 13.9 Å². The molecule has 3 heterocycles. The van der Waals surface area contributed by atoms with E-state index < -0.39 is 11.9 Å². The number of fused-ring (bicyclic) bond motifs is 1. The van der Waals surface area contributed by atoms with Crippen LogP contribution in [-0.4, -0.2) is 11.9 Å². The molecule has 1 aliphatic heterocycles. The van der Waals surface area contributed by atoms with Gasteiger partial charge in [0.25, 0.3) is 0 Å². The highest BCUT2D eigenvalue weighted by Gasteiger charge is 2.39. The molecule has 3 rings (SSSR count). The van der Waals surface area contributed by atoms with Crippen LogP contribution in [0.1, 0.15) is 15.9 Å². The molecule has 0 amide bonds. The zero-order valence-electron chi connectivity index (χ0n) is 8.33. The molecule has 16 heavy (non-hydrogen) atoms. The van der Waals surface area contributed by atoms with E-state index in [2.05, 4.69) is 6.58 Å². The van der Waals surface area contributed by atoms with Crippen molar-refractivity contribution in [2.45, 2.75) is 6.92 Å². The standard InChI is InChI=1S/C11H6O5/c1-3-5(12)14-9-7-4(2)6-8(15-7)10(9)16-11(6)13/h3H,1H2,2H3. The average Bonchev–Trinajstić information content (AvgIpc) is 2.82. The first-order valence-corrected chi connectivity index (χ1v) is 4.58. The number of rotatable bonds is 2. The van der Waals surface area contributed by atoms with Gasteiger partial charge in [-0.2, -0.15) is 0 Å². The molecule has 0 N–H and O–H groups in total. The van der Waals surface area contributed by atoms with Crippen molar-refractivity contribution in [3.8, 4) is 11.5 Å². The van der Waals surface area contributed by atoms with Crippen molar-refractivity contribution in [1.29, 1.82) is 0 Å². The van der Waals surface area contributed by atoms with E-state index >= 15 is 0 Å². The van der Waals surface area contributed by atoms with E-state index in [1.165, 1.54) is 0 Å². The molecule has 5 heteroatoms. The summed E-state index contributed by atoms with van der Waals surface area (Å²) in [5.74, 6) is -0.742. The fraction of sp³-hybridized carbons (Fsp3) is 0.0909. The molecular formula is C11H6O5. The van der Waals surface area contributed by atoms with Crippen LogP contribution in [0, 0.1) is 6.92 Å². The summed E-state index contributed by atoms with van der Waals surface area (Å²) >= 11 is 0. The minimum absolute atomic E-state index is 0.159. The Labute approximate surface area is 89.6 Å². The summed E-state index contributed by atoms with van der Waals surface area (Å²) in [5.41, 5.74) is 1.78. The third-order valence-electron chi connectivity index (χ3n) is 2.53. The molecule has 80 valence electrons. The Kier molecular flexibility index (Phi) is 1.47. The van der Waals surface area contributed by atoms with E-state index in [1.807, 2.05) is 0 Å². The molecule has 0 fully saturated rings. The molecule has 0 aliphatic carbocycles. The molecule has 2 aromatic heterocycles. The summed E-state index contributed by atoms with van der Waals surface area (Å²) < 4.78 is 15.3. The monoisotopic (exact) mass is 218 g/mol. The van der Waals surface area contributed by atoms with Crippen LogP contribution in [0.25, 0.3) is 11.2 Å². The molecule has 0 saturated heterocycles. The molecule has 0 spiro atoms. The second-order valence-corrected chi connectivity index (χ2v) is 3.43. The smallest absolute Gasteiger partial charge is 0.348 e. The van der Waals surface area contributed by atoms with Crippen LogP contribution in [-0.2, 0) is 4.79 Å². The molecule has 0 radical (unpaired) electrons. The summed E-state index contributed by atoms with van der Waals surface area (Å²) in [4.78, 5) is 22.5. The number of carbonyl (C=O) groups is 2. The predicted molar refractivity (Wildman–Crippen MR) is 52.9 cm³/mol. The van der Waals surface area contributed by atoms with Crippen LogP contribution in [0.4, 0.5) is 0 Å². The molecule has 2 aromatic rings. The SMILES string of the molecule is C=CC(=O)Oc1c2c3oc1c(C)c3C(=O)O2. The van der Waals surface area contributed by atoms with Gasteiger partial charge in [-0.1, -0.05) is 6.58 Å². The zero-order valence-corrected chi connectivity index (χ0v) is 8.33. The predicted octanol–water partition coefficient (Wildman–Crippen LogP) is 1.80. The van der Waals surface area contributed by atoms with Crippen LogP contribution in [0.5, 0.6) is 11.5 Å². The number of furan rings is 2. The third kappa shape index (κ3) is 0.850. The normalized spacial score (nSPS) is 13.2. The highest BCUT2D eigenvalue weighted by atomic mass is 16.6. The van der Waals surface area contributed by atoms with Gasteiger partial charge in [0.15, 0.2) is 11.2 Å². The summed E-state index contributed by atoms with van der Waals surface area (Å²) in [7, 11) is 0. The first-order chi connectivity index (χ1) is 7.63. The van der Waals surface area contributed by atoms with Crippen molar-refractivity contribution in [1.82, 2.24) is 0 Å². The lowest BCUT2D eigenvalue weighted by molar-refractivity contribution is -0.128. The molecule has 2 bridgehead atoms. The van der Waals surface area contributed by atoms with E-state index in [0.717, 1.165) is 6.08 Å². The van der Waals surface area contributed by atoms with Gasteiger partial charge in [-0.3, -0.25) is 0 Å². The highest BCUT2D eigenvalue weighted by molar-refractivity contribution is 6.12. The van der Waals surface area contributed by atoms with Crippen molar-refractivity contribution in [3.63, 3.8) is 0 Å². The van der Waals surface area contributed by atoms with Crippen LogP contribution >= 0.6 is 0 Å². The number of carbonyl (C=O) groups excluding carboxylic acids is 2. The maximum atomic E-state index is 11.4. The van der Waals surface area contributed by atoms with Crippen molar-refractivity contribution in [3.05, 3.63) is 23.8 Å². The number of esters is 2. The fourth-order valence-electron chi connectivity index (χ4n) is 1.81. The minimum atomic E-state index is -0.621. The maximum absolute atomic E-state index is 11.4. The second kappa shape index (κ2) is 2.63. The molecular weight excluding hydrogens is 212 g/mol. The van der Waals surface area contributed by atoms with Gasteiger partial charge >= 0.3 is 11.9 Å². The van der Waals surface area contributed by atoms with Crippen LogP contribution < -0.4 is 9.47 Å². The number of hydrogen-bond acceptors (Lipinski definition) is 5. The number of benzene rings is 1. The molecule has 0 aromatic carbocycles. The molecule has 1 aliphatic rings. The van der Waals surface area contributed by atoms with Crippen LogP contribution in [0.15, 0.2) is 17.1 Å². The van der Waals surface area contributed by atoms with Crippen molar-refractivity contribution >= 4 is 23.1 Å². The van der Waals surface area contributed by atoms with Gasteiger partial charge in [0.2, 0.25) is 11.5 Å². The lowest BCUT2D eigenvalue weighted by atomic mass is 10.1. The third-order valence-corrected chi connectivity index (χ3v) is 2.53. The lowest BCUT2D eigenvalue weighted by Crippen LogP contribution is -2.04. The van der Waals surface area contributed by atoms with E-state index in [0.29, 0.717) is 22.3 Å². The Hall–Kier alpha value is -2.30. The van der Waals surface area contributed by atoms with Gasteiger partial charge in [-0.15, -0.1) is 0 Å². The minimum Gasteiger partial charge on any atom is -0.448 e. The Morgan fingerprint density at radius 1 is 1.44 bits per heavy atom.